The quantitative estimate of drug-likeness (QED) is 0.400. The summed E-state index contributed by atoms with van der Waals surface area (Å²) in [4.78, 5) is 13.1. The van der Waals surface area contributed by atoms with E-state index in [4.69, 9.17) is 16.3 Å². The van der Waals surface area contributed by atoms with Crippen LogP contribution in [0.15, 0.2) is 48.8 Å². The number of carbonyl (C=O) groups is 1. The van der Waals surface area contributed by atoms with E-state index in [9.17, 15) is 23.1 Å². The molecule has 0 radical (unpaired) electrons. The molecule has 0 spiro atoms. The molecule has 1 aromatic heterocycles. The third kappa shape index (κ3) is 4.28. The number of ketones is 1. The van der Waals surface area contributed by atoms with Crippen LogP contribution in [0.25, 0.3) is 11.1 Å². The molecule has 7 rings (SSSR count). The number of hydrogen-bond acceptors (Lipinski definition) is 5. The second-order valence-electron chi connectivity index (χ2n) is 10.7. The lowest BCUT2D eigenvalue weighted by atomic mass is 9.38. The Morgan fingerprint density at radius 1 is 1.24 bits per heavy atom. The summed E-state index contributed by atoms with van der Waals surface area (Å²) in [7, 11) is 0. The minimum atomic E-state index is -3.48. The number of alkyl halides is 2. The van der Waals surface area contributed by atoms with Gasteiger partial charge in [0.2, 0.25) is 0 Å². The number of carbonyl (C=O) groups excluding carboxylic acids is 1. The number of hydrogen-bond donors (Lipinski definition) is 1. The van der Waals surface area contributed by atoms with E-state index in [1.165, 1.54) is 12.1 Å². The molecule has 2 aromatic carbocycles. The van der Waals surface area contributed by atoms with E-state index in [1.54, 1.807) is 24.4 Å². The van der Waals surface area contributed by atoms with E-state index in [0.717, 1.165) is 25.3 Å². The van der Waals surface area contributed by atoms with Crippen LogP contribution in [0.1, 0.15) is 50.7 Å². The number of ether oxygens (including phenoxy) is 2. The van der Waals surface area contributed by atoms with E-state index >= 15 is 0 Å². The molecule has 2 heterocycles. The molecule has 2 atom stereocenters. The lowest BCUT2D eigenvalue weighted by Crippen LogP contribution is -2.68. The summed E-state index contributed by atoms with van der Waals surface area (Å²) < 4.78 is 52.5. The molecule has 0 saturated heterocycles. The van der Waals surface area contributed by atoms with Gasteiger partial charge in [0.15, 0.2) is 23.5 Å². The van der Waals surface area contributed by atoms with Crippen LogP contribution in [0.3, 0.4) is 0 Å². The largest absolute Gasteiger partial charge is 0.482 e. The number of rotatable bonds is 7. The van der Waals surface area contributed by atoms with E-state index in [1.807, 2.05) is 10.9 Å². The molecule has 2 bridgehead atoms. The molecule has 194 valence electrons. The molecule has 3 fully saturated rings. The highest BCUT2D eigenvalue weighted by atomic mass is 35.5. The van der Waals surface area contributed by atoms with E-state index in [-0.39, 0.29) is 23.2 Å². The zero-order valence-corrected chi connectivity index (χ0v) is 20.6. The first-order valence-electron chi connectivity index (χ1n) is 12.0. The minimum absolute atomic E-state index is 0.0236. The standard InChI is InChI=1S/C27H24ClF3N2O4/c1-25(30,31)37-23-4-2-15(6-19(23)29)16-10-32-33(11-16)27-12-26(13-27,14-27)9-21(35)24-8-20(34)18-7-17(28)3-5-22(18)36-24/h2-7,10-11,20,24,34H,8-9,12-14H2,1H3/t20-,24+,26?,27?/m1/s1. The first-order valence-corrected chi connectivity index (χ1v) is 12.4. The molecule has 4 aliphatic rings. The Kier molecular flexibility index (Phi) is 5.41. The number of Topliss-reactive ketones (excluding diaryl/α,β-unsaturated/α-hetero) is 1. The normalized spacial score (nSPS) is 27.9. The molecule has 0 amide bonds. The van der Waals surface area contributed by atoms with Crippen molar-refractivity contribution in [2.24, 2.45) is 5.41 Å². The highest BCUT2D eigenvalue weighted by molar-refractivity contribution is 6.30. The van der Waals surface area contributed by atoms with Crippen molar-refractivity contribution >= 4 is 17.4 Å². The Morgan fingerprint density at radius 3 is 2.70 bits per heavy atom. The lowest BCUT2D eigenvalue weighted by Gasteiger charge is -2.70. The van der Waals surface area contributed by atoms with Crippen LogP contribution in [0.5, 0.6) is 11.5 Å². The van der Waals surface area contributed by atoms with E-state index < -0.39 is 29.9 Å². The summed E-state index contributed by atoms with van der Waals surface area (Å²) in [5.41, 5.74) is 1.48. The summed E-state index contributed by atoms with van der Waals surface area (Å²) in [6.45, 7) is 0.551. The minimum Gasteiger partial charge on any atom is -0.482 e. The van der Waals surface area contributed by atoms with Crippen molar-refractivity contribution in [2.45, 2.75) is 62.9 Å². The summed E-state index contributed by atoms with van der Waals surface area (Å²) in [5.74, 6) is -0.935. The highest BCUT2D eigenvalue weighted by Crippen LogP contribution is 2.73. The van der Waals surface area contributed by atoms with Crippen molar-refractivity contribution < 1.29 is 32.5 Å². The van der Waals surface area contributed by atoms with Crippen LogP contribution in [-0.2, 0) is 10.3 Å². The van der Waals surface area contributed by atoms with Crippen molar-refractivity contribution in [1.29, 1.82) is 0 Å². The van der Waals surface area contributed by atoms with Gasteiger partial charge in [-0.2, -0.15) is 13.9 Å². The molecule has 0 unspecified atom stereocenters. The predicted octanol–water partition coefficient (Wildman–Crippen LogP) is 6.06. The zero-order valence-electron chi connectivity index (χ0n) is 19.9. The fourth-order valence-electron chi connectivity index (χ4n) is 6.16. The SMILES string of the molecule is CC(F)(F)Oc1ccc(-c2cnn(C34CC(CC(=O)[C@@H]5C[C@@H](O)c6cc(Cl)ccc6O5)(C3)C4)c2)cc1F. The molecule has 37 heavy (non-hydrogen) atoms. The molecule has 3 aromatic rings. The van der Waals surface area contributed by atoms with Gasteiger partial charge in [0.1, 0.15) is 5.75 Å². The van der Waals surface area contributed by atoms with Gasteiger partial charge in [-0.25, -0.2) is 4.39 Å². The van der Waals surface area contributed by atoms with Crippen molar-refractivity contribution in [3.05, 3.63) is 65.2 Å². The maximum atomic E-state index is 14.3. The van der Waals surface area contributed by atoms with Gasteiger partial charge in [-0.3, -0.25) is 9.48 Å². The van der Waals surface area contributed by atoms with Crippen LogP contribution in [0.4, 0.5) is 13.2 Å². The zero-order chi connectivity index (χ0) is 26.2. The molecule has 10 heteroatoms. The van der Waals surface area contributed by atoms with Gasteiger partial charge >= 0.3 is 6.11 Å². The Labute approximate surface area is 215 Å². The van der Waals surface area contributed by atoms with Crippen LogP contribution >= 0.6 is 11.6 Å². The second-order valence-corrected chi connectivity index (χ2v) is 11.1. The Balaban J connectivity index is 1.09. The monoisotopic (exact) mass is 532 g/mol. The number of halogens is 4. The predicted molar refractivity (Wildman–Crippen MR) is 128 cm³/mol. The van der Waals surface area contributed by atoms with Gasteiger partial charge in [-0.05, 0) is 60.6 Å². The van der Waals surface area contributed by atoms with Crippen molar-refractivity contribution in [2.75, 3.05) is 0 Å². The maximum absolute atomic E-state index is 14.3. The summed E-state index contributed by atoms with van der Waals surface area (Å²) >= 11 is 6.01. The molecule has 1 aliphatic heterocycles. The van der Waals surface area contributed by atoms with Crippen LogP contribution in [0.2, 0.25) is 5.02 Å². The number of aliphatic hydroxyl groups excluding tert-OH is 1. The Hall–Kier alpha value is -3.04. The van der Waals surface area contributed by atoms with Crippen molar-refractivity contribution in [3.8, 4) is 22.6 Å². The van der Waals surface area contributed by atoms with Crippen LogP contribution in [0, 0.1) is 11.2 Å². The Bertz CT molecular complexity index is 1380. The number of benzene rings is 2. The fourth-order valence-corrected chi connectivity index (χ4v) is 6.34. The molecule has 3 aliphatic carbocycles. The smallest absolute Gasteiger partial charge is 0.395 e. The molecule has 6 nitrogen and oxygen atoms in total. The topological polar surface area (TPSA) is 73.6 Å². The third-order valence-corrected chi connectivity index (χ3v) is 7.92. The summed E-state index contributed by atoms with van der Waals surface area (Å²) in [5, 5.41) is 15.5. The summed E-state index contributed by atoms with van der Waals surface area (Å²) in [6, 6.07) is 8.85. The maximum Gasteiger partial charge on any atom is 0.395 e. The fraction of sp³-hybridized carbons (Fsp3) is 0.407. The van der Waals surface area contributed by atoms with E-state index in [2.05, 4.69) is 9.84 Å². The third-order valence-electron chi connectivity index (χ3n) is 7.68. The van der Waals surface area contributed by atoms with Gasteiger partial charge < -0.3 is 14.6 Å². The number of aliphatic hydroxyl groups is 1. The van der Waals surface area contributed by atoms with Gasteiger partial charge in [-0.15, -0.1) is 0 Å². The number of fused-ring (bicyclic) bond motifs is 1. The number of nitrogens with zero attached hydrogens (tertiary/aromatic N) is 2. The van der Waals surface area contributed by atoms with Crippen molar-refractivity contribution in [1.82, 2.24) is 9.78 Å². The molecular formula is C27H24ClF3N2O4. The van der Waals surface area contributed by atoms with Gasteiger partial charge in [0.25, 0.3) is 0 Å². The first-order chi connectivity index (χ1) is 17.4. The second kappa shape index (κ2) is 8.23. The van der Waals surface area contributed by atoms with Gasteiger partial charge in [0.05, 0.1) is 17.8 Å². The average Bonchev–Trinajstić information content (AvgIpc) is 3.26. The van der Waals surface area contributed by atoms with Crippen molar-refractivity contribution in [3.63, 3.8) is 0 Å². The summed E-state index contributed by atoms with van der Waals surface area (Å²) in [6.07, 6.45) is 1.41. The first kappa shape index (κ1) is 24.3. The molecule has 3 saturated carbocycles. The molecule has 1 N–H and O–H groups in total. The van der Waals surface area contributed by atoms with E-state index in [0.29, 0.717) is 40.8 Å². The van der Waals surface area contributed by atoms with Gasteiger partial charge in [-0.1, -0.05) is 17.7 Å². The highest BCUT2D eigenvalue weighted by Gasteiger charge is 2.69. The van der Waals surface area contributed by atoms with Crippen LogP contribution in [-0.4, -0.2) is 32.9 Å². The van der Waals surface area contributed by atoms with Crippen LogP contribution < -0.4 is 9.47 Å². The Morgan fingerprint density at radius 2 is 2.00 bits per heavy atom. The lowest BCUT2D eigenvalue weighted by molar-refractivity contribution is -0.200. The average molecular weight is 533 g/mol. The van der Waals surface area contributed by atoms with Gasteiger partial charge in [0, 0.05) is 42.1 Å². The number of aromatic nitrogens is 2. The molecular weight excluding hydrogens is 509 g/mol.